The monoisotopic (exact) mass is 378 g/mol. The van der Waals surface area contributed by atoms with Crippen molar-refractivity contribution in [2.75, 3.05) is 17.2 Å². The van der Waals surface area contributed by atoms with Gasteiger partial charge in [0.05, 0.1) is 6.61 Å². The first-order chi connectivity index (χ1) is 11.1. The maximum absolute atomic E-state index is 11.9. The van der Waals surface area contributed by atoms with Crippen molar-refractivity contribution in [2.45, 2.75) is 6.92 Å². The minimum atomic E-state index is -0.763. The van der Waals surface area contributed by atoms with Gasteiger partial charge in [0, 0.05) is 15.8 Å². The maximum atomic E-state index is 11.9. The summed E-state index contributed by atoms with van der Waals surface area (Å²) in [6.45, 7) is 1.94. The molecular formula is C16H15BrN2O4. The maximum Gasteiger partial charge on any atom is 0.513 e. The van der Waals surface area contributed by atoms with E-state index in [2.05, 4.69) is 31.3 Å². The molecule has 0 bridgehead atoms. The lowest BCUT2D eigenvalue weighted by Crippen LogP contribution is -2.19. The van der Waals surface area contributed by atoms with Crippen LogP contribution in [0.2, 0.25) is 0 Å². The number of carbonyl (C=O) groups is 2. The minimum absolute atomic E-state index is 0.244. The molecule has 120 valence electrons. The van der Waals surface area contributed by atoms with Crippen LogP contribution in [0.3, 0.4) is 0 Å². The highest BCUT2D eigenvalue weighted by Crippen LogP contribution is 2.18. The zero-order valence-electron chi connectivity index (χ0n) is 12.3. The van der Waals surface area contributed by atoms with Gasteiger partial charge in [-0.15, -0.1) is 0 Å². The van der Waals surface area contributed by atoms with Crippen molar-refractivity contribution in [1.29, 1.82) is 0 Å². The SMILES string of the molecule is CCOC(=O)Oc1ccc(NC(=O)Nc2cccc(Br)c2)cc1. The molecule has 0 saturated heterocycles. The summed E-state index contributed by atoms with van der Waals surface area (Å²) in [4.78, 5) is 23.1. The lowest BCUT2D eigenvalue weighted by molar-refractivity contribution is 0.104. The van der Waals surface area contributed by atoms with Crippen molar-refractivity contribution in [3.63, 3.8) is 0 Å². The van der Waals surface area contributed by atoms with Crippen LogP contribution in [0, 0.1) is 0 Å². The van der Waals surface area contributed by atoms with Crippen LogP contribution in [0.1, 0.15) is 6.92 Å². The van der Waals surface area contributed by atoms with Gasteiger partial charge in [0.15, 0.2) is 0 Å². The van der Waals surface area contributed by atoms with E-state index in [0.717, 1.165) is 4.47 Å². The summed E-state index contributed by atoms with van der Waals surface area (Å²) in [6.07, 6.45) is -0.763. The van der Waals surface area contributed by atoms with Crippen molar-refractivity contribution < 1.29 is 19.1 Å². The number of carbonyl (C=O) groups excluding carboxylic acids is 2. The molecule has 6 nitrogen and oxygen atoms in total. The van der Waals surface area contributed by atoms with Crippen LogP contribution in [0.15, 0.2) is 53.0 Å². The predicted octanol–water partition coefficient (Wildman–Crippen LogP) is 4.63. The average molecular weight is 379 g/mol. The van der Waals surface area contributed by atoms with Gasteiger partial charge in [-0.3, -0.25) is 0 Å². The molecule has 0 heterocycles. The summed E-state index contributed by atoms with van der Waals surface area (Å²) in [6, 6.07) is 13.2. The fourth-order valence-electron chi connectivity index (χ4n) is 1.71. The van der Waals surface area contributed by atoms with E-state index in [0.29, 0.717) is 17.1 Å². The number of ether oxygens (including phenoxy) is 2. The summed E-state index contributed by atoms with van der Waals surface area (Å²) >= 11 is 3.33. The molecule has 2 N–H and O–H groups in total. The Morgan fingerprint density at radius 3 is 2.39 bits per heavy atom. The molecule has 0 atom stereocenters. The van der Waals surface area contributed by atoms with E-state index in [1.165, 1.54) is 0 Å². The highest BCUT2D eigenvalue weighted by Gasteiger charge is 2.06. The van der Waals surface area contributed by atoms with Crippen LogP contribution < -0.4 is 15.4 Å². The number of nitrogens with one attached hydrogen (secondary N) is 2. The van der Waals surface area contributed by atoms with E-state index in [1.807, 2.05) is 12.1 Å². The Labute approximate surface area is 141 Å². The molecule has 0 aromatic heterocycles. The number of amides is 2. The van der Waals surface area contributed by atoms with Crippen molar-refractivity contribution in [3.8, 4) is 5.75 Å². The summed E-state index contributed by atoms with van der Waals surface area (Å²) < 4.78 is 10.5. The molecule has 2 aromatic carbocycles. The van der Waals surface area contributed by atoms with Crippen molar-refractivity contribution in [3.05, 3.63) is 53.0 Å². The Bertz CT molecular complexity index is 689. The van der Waals surface area contributed by atoms with Crippen LogP contribution in [0.5, 0.6) is 5.75 Å². The molecule has 0 saturated carbocycles. The third kappa shape index (κ3) is 5.63. The van der Waals surface area contributed by atoms with E-state index in [4.69, 9.17) is 4.74 Å². The van der Waals surface area contributed by atoms with Gasteiger partial charge in [0.1, 0.15) is 5.75 Å². The lowest BCUT2D eigenvalue weighted by Gasteiger charge is -2.09. The third-order valence-electron chi connectivity index (χ3n) is 2.66. The number of anilines is 2. The van der Waals surface area contributed by atoms with Crippen molar-refractivity contribution in [1.82, 2.24) is 0 Å². The third-order valence-corrected chi connectivity index (χ3v) is 3.15. The van der Waals surface area contributed by atoms with Gasteiger partial charge in [0.2, 0.25) is 0 Å². The smallest absolute Gasteiger partial charge is 0.434 e. The Morgan fingerprint density at radius 1 is 1.04 bits per heavy atom. The quantitative estimate of drug-likeness (QED) is 0.600. The Balaban J connectivity index is 1.90. The fraction of sp³-hybridized carbons (Fsp3) is 0.125. The number of rotatable bonds is 4. The number of urea groups is 1. The molecule has 23 heavy (non-hydrogen) atoms. The molecule has 0 radical (unpaired) electrons. The standard InChI is InChI=1S/C16H15BrN2O4/c1-2-22-16(21)23-14-8-6-12(7-9-14)18-15(20)19-13-5-3-4-11(17)10-13/h3-10H,2H2,1H3,(H2,18,19,20). The first-order valence-corrected chi connectivity index (χ1v) is 7.64. The molecule has 2 aromatic rings. The van der Waals surface area contributed by atoms with Crippen molar-refractivity contribution >= 4 is 39.5 Å². The van der Waals surface area contributed by atoms with Gasteiger partial charge < -0.3 is 20.1 Å². The summed E-state index contributed by atoms with van der Waals surface area (Å²) in [5, 5.41) is 5.39. The number of hydrogen-bond acceptors (Lipinski definition) is 4. The Kier molecular flexibility index (Phi) is 5.99. The number of benzene rings is 2. The van der Waals surface area contributed by atoms with Crippen LogP contribution in [0.25, 0.3) is 0 Å². The van der Waals surface area contributed by atoms with Crippen LogP contribution in [-0.2, 0) is 4.74 Å². The minimum Gasteiger partial charge on any atom is -0.434 e. The largest absolute Gasteiger partial charge is 0.513 e. The van der Waals surface area contributed by atoms with E-state index in [-0.39, 0.29) is 12.6 Å². The average Bonchev–Trinajstić information content (AvgIpc) is 2.49. The van der Waals surface area contributed by atoms with Gasteiger partial charge >= 0.3 is 12.2 Å². The molecule has 0 aliphatic carbocycles. The second-order valence-electron chi connectivity index (χ2n) is 4.40. The van der Waals surface area contributed by atoms with E-state index >= 15 is 0 Å². The molecule has 0 unspecified atom stereocenters. The summed E-state index contributed by atoms with van der Waals surface area (Å²) in [5.41, 5.74) is 1.23. The van der Waals surface area contributed by atoms with Crippen LogP contribution in [-0.4, -0.2) is 18.8 Å². The van der Waals surface area contributed by atoms with Gasteiger partial charge in [-0.2, -0.15) is 0 Å². The van der Waals surface area contributed by atoms with E-state index < -0.39 is 6.16 Å². The second-order valence-corrected chi connectivity index (χ2v) is 5.31. The van der Waals surface area contributed by atoms with Gasteiger partial charge in [0.25, 0.3) is 0 Å². The summed E-state index contributed by atoms with van der Waals surface area (Å²) in [7, 11) is 0. The van der Waals surface area contributed by atoms with Gasteiger partial charge in [-0.05, 0) is 49.4 Å². The fourth-order valence-corrected chi connectivity index (χ4v) is 2.11. The molecule has 2 rings (SSSR count). The van der Waals surface area contributed by atoms with Gasteiger partial charge in [-0.25, -0.2) is 9.59 Å². The normalized spacial score (nSPS) is 9.83. The highest BCUT2D eigenvalue weighted by atomic mass is 79.9. The lowest BCUT2D eigenvalue weighted by atomic mass is 10.3. The second kappa shape index (κ2) is 8.19. The molecule has 0 aliphatic heterocycles. The Hall–Kier alpha value is -2.54. The molecule has 2 amide bonds. The predicted molar refractivity (Wildman–Crippen MR) is 90.9 cm³/mol. The first-order valence-electron chi connectivity index (χ1n) is 6.85. The first kappa shape index (κ1) is 16.8. The zero-order valence-corrected chi connectivity index (χ0v) is 13.9. The van der Waals surface area contributed by atoms with Crippen LogP contribution >= 0.6 is 15.9 Å². The Morgan fingerprint density at radius 2 is 1.74 bits per heavy atom. The topological polar surface area (TPSA) is 76.7 Å². The molecular weight excluding hydrogens is 364 g/mol. The van der Waals surface area contributed by atoms with E-state index in [9.17, 15) is 9.59 Å². The molecule has 0 spiro atoms. The molecule has 7 heteroatoms. The number of halogens is 1. The van der Waals surface area contributed by atoms with Crippen molar-refractivity contribution in [2.24, 2.45) is 0 Å². The van der Waals surface area contributed by atoms with Gasteiger partial charge in [-0.1, -0.05) is 22.0 Å². The summed E-state index contributed by atoms with van der Waals surface area (Å²) in [5.74, 6) is 0.335. The zero-order chi connectivity index (χ0) is 16.7. The molecule has 0 aliphatic rings. The van der Waals surface area contributed by atoms with E-state index in [1.54, 1.807) is 43.3 Å². The van der Waals surface area contributed by atoms with Crippen LogP contribution in [0.4, 0.5) is 21.0 Å². The molecule has 0 fully saturated rings. The number of hydrogen-bond donors (Lipinski definition) is 2. The highest BCUT2D eigenvalue weighted by molar-refractivity contribution is 9.10.